The number of aliphatic hydroxyl groups excluding tert-OH is 1. The third-order valence-corrected chi connectivity index (χ3v) is 5.24. The smallest absolute Gasteiger partial charge is 0.0584 e. The molecule has 2 N–H and O–H groups in total. The van der Waals surface area contributed by atoms with Crippen molar-refractivity contribution in [1.82, 2.24) is 10.2 Å². The van der Waals surface area contributed by atoms with Crippen molar-refractivity contribution < 1.29 is 5.11 Å². The quantitative estimate of drug-likeness (QED) is 0.786. The summed E-state index contributed by atoms with van der Waals surface area (Å²) in [6.45, 7) is 11.9. The van der Waals surface area contributed by atoms with E-state index in [9.17, 15) is 5.11 Å². The van der Waals surface area contributed by atoms with Crippen LogP contribution < -0.4 is 5.32 Å². The van der Waals surface area contributed by atoms with Gasteiger partial charge in [-0.05, 0) is 50.9 Å². The average molecular weight is 282 g/mol. The fourth-order valence-electron chi connectivity index (χ4n) is 4.20. The third kappa shape index (κ3) is 3.96. The van der Waals surface area contributed by atoms with Gasteiger partial charge in [-0.15, -0.1) is 0 Å². The first-order chi connectivity index (χ1) is 9.51. The molecule has 0 amide bonds. The van der Waals surface area contributed by atoms with Crippen molar-refractivity contribution in [1.29, 1.82) is 0 Å². The van der Waals surface area contributed by atoms with E-state index in [1.54, 1.807) is 0 Å². The first-order valence-electron chi connectivity index (χ1n) is 8.62. The molecular formula is C17H34N2O. The van der Waals surface area contributed by atoms with Crippen molar-refractivity contribution in [3.8, 4) is 0 Å². The molecule has 1 saturated carbocycles. The predicted octanol–water partition coefficient (Wildman–Crippen LogP) is 2.49. The summed E-state index contributed by atoms with van der Waals surface area (Å²) >= 11 is 0. The summed E-state index contributed by atoms with van der Waals surface area (Å²) in [5, 5.41) is 13.5. The molecule has 0 radical (unpaired) electrons. The summed E-state index contributed by atoms with van der Waals surface area (Å²) in [5.74, 6) is 2.22. The lowest BCUT2D eigenvalue weighted by atomic mass is 9.72. The number of piperidine rings is 1. The Morgan fingerprint density at radius 3 is 2.15 bits per heavy atom. The van der Waals surface area contributed by atoms with Gasteiger partial charge in [0, 0.05) is 31.2 Å². The molecule has 1 aliphatic heterocycles. The molecule has 3 nitrogen and oxygen atoms in total. The Morgan fingerprint density at radius 2 is 1.70 bits per heavy atom. The van der Waals surface area contributed by atoms with E-state index < -0.39 is 0 Å². The van der Waals surface area contributed by atoms with Gasteiger partial charge < -0.3 is 15.3 Å². The Kier molecular flexibility index (Phi) is 5.88. The van der Waals surface area contributed by atoms with Crippen molar-refractivity contribution >= 4 is 0 Å². The normalized spacial score (nSPS) is 32.9. The van der Waals surface area contributed by atoms with Gasteiger partial charge in [-0.25, -0.2) is 0 Å². The van der Waals surface area contributed by atoms with Gasteiger partial charge >= 0.3 is 0 Å². The van der Waals surface area contributed by atoms with Crippen LogP contribution in [-0.4, -0.2) is 47.8 Å². The number of rotatable bonds is 6. The van der Waals surface area contributed by atoms with Crippen LogP contribution in [0.2, 0.25) is 0 Å². The van der Waals surface area contributed by atoms with Crippen LogP contribution >= 0.6 is 0 Å². The Hall–Kier alpha value is -0.120. The van der Waals surface area contributed by atoms with E-state index >= 15 is 0 Å². The minimum Gasteiger partial charge on any atom is -0.395 e. The first kappa shape index (κ1) is 16.3. The maximum absolute atomic E-state index is 9.64. The van der Waals surface area contributed by atoms with Gasteiger partial charge in [-0.3, -0.25) is 0 Å². The summed E-state index contributed by atoms with van der Waals surface area (Å²) in [4.78, 5) is 2.66. The van der Waals surface area contributed by atoms with Crippen LogP contribution in [0, 0.1) is 17.8 Å². The summed E-state index contributed by atoms with van der Waals surface area (Å²) in [5.41, 5.74) is 0. The van der Waals surface area contributed by atoms with E-state index in [1.807, 2.05) is 0 Å². The lowest BCUT2D eigenvalue weighted by Gasteiger charge is -2.50. The zero-order chi connectivity index (χ0) is 14.7. The molecule has 1 aliphatic carbocycles. The summed E-state index contributed by atoms with van der Waals surface area (Å²) in [7, 11) is 0. The van der Waals surface area contributed by atoms with Crippen molar-refractivity contribution in [2.45, 2.75) is 71.5 Å². The fourth-order valence-corrected chi connectivity index (χ4v) is 4.20. The molecule has 1 heterocycles. The average Bonchev–Trinajstić information content (AvgIpc) is 2.36. The monoisotopic (exact) mass is 282 g/mol. The Morgan fingerprint density at radius 1 is 1.10 bits per heavy atom. The van der Waals surface area contributed by atoms with E-state index in [0.717, 1.165) is 18.3 Å². The van der Waals surface area contributed by atoms with Crippen molar-refractivity contribution in [2.75, 3.05) is 19.7 Å². The number of hydrogen-bond acceptors (Lipinski definition) is 3. The van der Waals surface area contributed by atoms with Gasteiger partial charge in [-0.2, -0.15) is 0 Å². The van der Waals surface area contributed by atoms with Crippen molar-refractivity contribution in [2.24, 2.45) is 17.8 Å². The third-order valence-electron chi connectivity index (χ3n) is 5.24. The highest BCUT2D eigenvalue weighted by atomic mass is 16.3. The van der Waals surface area contributed by atoms with Gasteiger partial charge in [0.1, 0.15) is 0 Å². The molecular weight excluding hydrogens is 248 g/mol. The summed E-state index contributed by atoms with van der Waals surface area (Å²) < 4.78 is 0. The minimum absolute atomic E-state index is 0.280. The van der Waals surface area contributed by atoms with E-state index in [4.69, 9.17) is 0 Å². The summed E-state index contributed by atoms with van der Waals surface area (Å²) in [6, 6.07) is 1.59. The standard InChI is InChI=1S/C17H34N2O/c1-12(2)8-16(11-20)18-17-14-6-5-7-15(17)10-19(9-14)13(3)4/h12-18,20H,5-11H2,1-4H3. The van der Waals surface area contributed by atoms with Crippen LogP contribution in [0.25, 0.3) is 0 Å². The van der Waals surface area contributed by atoms with Gasteiger partial charge in [0.25, 0.3) is 0 Å². The highest BCUT2D eigenvalue weighted by molar-refractivity contribution is 4.96. The van der Waals surface area contributed by atoms with Crippen molar-refractivity contribution in [3.05, 3.63) is 0 Å². The molecule has 2 aliphatic rings. The number of nitrogens with zero attached hydrogens (tertiary/aromatic N) is 1. The molecule has 2 fully saturated rings. The lowest BCUT2D eigenvalue weighted by molar-refractivity contribution is 0.0199. The molecule has 1 saturated heterocycles. The molecule has 2 bridgehead atoms. The Balaban J connectivity index is 1.97. The number of likely N-dealkylation sites (tertiary alicyclic amines) is 1. The second kappa shape index (κ2) is 7.24. The van der Waals surface area contributed by atoms with Crippen LogP contribution in [0.3, 0.4) is 0 Å². The topological polar surface area (TPSA) is 35.5 Å². The van der Waals surface area contributed by atoms with Crippen LogP contribution in [0.4, 0.5) is 0 Å². The molecule has 0 aromatic heterocycles. The maximum Gasteiger partial charge on any atom is 0.0584 e. The number of aliphatic hydroxyl groups is 1. The van der Waals surface area contributed by atoms with Gasteiger partial charge in [0.15, 0.2) is 0 Å². The van der Waals surface area contributed by atoms with Crippen LogP contribution in [-0.2, 0) is 0 Å². The molecule has 0 spiro atoms. The minimum atomic E-state index is 0.280. The number of fused-ring (bicyclic) bond motifs is 2. The lowest BCUT2D eigenvalue weighted by Crippen LogP contribution is -2.60. The molecule has 0 aromatic rings. The number of hydrogen-bond donors (Lipinski definition) is 2. The first-order valence-corrected chi connectivity index (χ1v) is 8.62. The Labute approximate surface area is 125 Å². The van der Waals surface area contributed by atoms with Gasteiger partial charge in [0.05, 0.1) is 6.61 Å². The fraction of sp³-hybridized carbons (Fsp3) is 1.00. The highest BCUT2D eigenvalue weighted by Gasteiger charge is 2.40. The number of nitrogens with one attached hydrogen (secondary N) is 1. The largest absolute Gasteiger partial charge is 0.395 e. The molecule has 0 aromatic carbocycles. The predicted molar refractivity (Wildman–Crippen MR) is 84.8 cm³/mol. The van der Waals surface area contributed by atoms with Gasteiger partial charge in [-0.1, -0.05) is 20.3 Å². The van der Waals surface area contributed by atoms with E-state index in [1.165, 1.54) is 32.4 Å². The second-order valence-corrected chi connectivity index (χ2v) is 7.70. The van der Waals surface area contributed by atoms with E-state index in [-0.39, 0.29) is 12.6 Å². The Bertz CT molecular complexity index is 279. The molecule has 3 atom stereocenters. The highest BCUT2D eigenvalue weighted by Crippen LogP contribution is 2.36. The van der Waals surface area contributed by atoms with Crippen molar-refractivity contribution in [3.63, 3.8) is 0 Å². The van der Waals surface area contributed by atoms with E-state index in [2.05, 4.69) is 37.9 Å². The van der Waals surface area contributed by atoms with Gasteiger partial charge in [0.2, 0.25) is 0 Å². The summed E-state index contributed by atoms with van der Waals surface area (Å²) in [6.07, 6.45) is 5.20. The molecule has 2 rings (SSSR count). The molecule has 20 heavy (non-hydrogen) atoms. The van der Waals surface area contributed by atoms with E-state index in [0.29, 0.717) is 18.0 Å². The zero-order valence-electron chi connectivity index (χ0n) is 13.8. The second-order valence-electron chi connectivity index (χ2n) is 7.70. The SMILES string of the molecule is CC(C)CC(CO)NC1C2CCCC1CN(C(C)C)C2. The molecule has 3 heteroatoms. The molecule has 118 valence electrons. The molecule has 3 unspecified atom stereocenters. The van der Waals surface area contributed by atoms with Crippen LogP contribution in [0.5, 0.6) is 0 Å². The van der Waals surface area contributed by atoms with Crippen LogP contribution in [0.1, 0.15) is 53.4 Å². The maximum atomic E-state index is 9.64. The zero-order valence-corrected chi connectivity index (χ0v) is 13.8. The van der Waals surface area contributed by atoms with Crippen LogP contribution in [0.15, 0.2) is 0 Å².